The largest absolute Gasteiger partial charge is 0.320 e. The van der Waals surface area contributed by atoms with Crippen LogP contribution in [0, 0.1) is 6.92 Å². The summed E-state index contributed by atoms with van der Waals surface area (Å²) in [6.07, 6.45) is 2.01. The van der Waals surface area contributed by atoms with E-state index >= 15 is 0 Å². The maximum atomic E-state index is 12.7. The fourth-order valence-corrected chi connectivity index (χ4v) is 4.42. The van der Waals surface area contributed by atoms with Gasteiger partial charge in [0.25, 0.3) is 5.91 Å². The molecule has 0 atom stereocenters. The highest BCUT2D eigenvalue weighted by atomic mass is 32.1. The van der Waals surface area contributed by atoms with E-state index in [4.69, 9.17) is 0 Å². The van der Waals surface area contributed by atoms with Crippen molar-refractivity contribution in [1.29, 1.82) is 0 Å². The Labute approximate surface area is 162 Å². The number of rotatable bonds is 4. The summed E-state index contributed by atoms with van der Waals surface area (Å²) in [6, 6.07) is 6.12. The van der Waals surface area contributed by atoms with Crippen LogP contribution in [0.4, 0.5) is 5.69 Å². The van der Waals surface area contributed by atoms with Crippen molar-refractivity contribution in [2.75, 3.05) is 18.4 Å². The van der Waals surface area contributed by atoms with E-state index in [1.807, 2.05) is 29.8 Å². The molecule has 7 nitrogen and oxygen atoms in total. The van der Waals surface area contributed by atoms with Crippen LogP contribution in [0.1, 0.15) is 59.8 Å². The molecule has 0 bridgehead atoms. The number of amides is 1. The van der Waals surface area contributed by atoms with Crippen LogP contribution in [0.2, 0.25) is 0 Å². The number of hydrogen-bond donors (Lipinski definition) is 2. The summed E-state index contributed by atoms with van der Waals surface area (Å²) in [6.45, 7) is 8.12. The first-order chi connectivity index (χ1) is 13.0. The molecular formula is C19H24N6OS. The second-order valence-electron chi connectivity index (χ2n) is 7.29. The molecule has 3 aromatic rings. The minimum Gasteiger partial charge on any atom is -0.320 e. The van der Waals surface area contributed by atoms with Crippen LogP contribution in [0.15, 0.2) is 18.2 Å². The number of nitrogens with one attached hydrogen (secondary N) is 2. The zero-order chi connectivity index (χ0) is 19.0. The van der Waals surface area contributed by atoms with Crippen LogP contribution in [0.5, 0.6) is 0 Å². The second-order valence-corrected chi connectivity index (χ2v) is 8.35. The lowest BCUT2D eigenvalue weighted by Crippen LogP contribution is -2.30. The molecule has 1 aliphatic heterocycles. The van der Waals surface area contributed by atoms with Crippen molar-refractivity contribution in [3.8, 4) is 0 Å². The minimum atomic E-state index is -0.222. The number of hydrogen-bond acceptors (Lipinski definition) is 6. The number of fused-ring (bicyclic) bond motifs is 1. The van der Waals surface area contributed by atoms with Crippen LogP contribution in [-0.2, 0) is 0 Å². The number of aromatic nitrogens is 4. The molecule has 2 N–H and O–H groups in total. The molecule has 1 saturated heterocycles. The molecule has 1 fully saturated rings. The average Bonchev–Trinajstić information content (AvgIpc) is 3.25. The van der Waals surface area contributed by atoms with Gasteiger partial charge in [-0.15, -0.1) is 16.4 Å². The van der Waals surface area contributed by atoms with Gasteiger partial charge in [0.1, 0.15) is 0 Å². The highest BCUT2D eigenvalue weighted by Gasteiger charge is 2.23. The van der Waals surface area contributed by atoms with Gasteiger partial charge in [-0.1, -0.05) is 19.1 Å². The van der Waals surface area contributed by atoms with Gasteiger partial charge in [0.15, 0.2) is 5.69 Å². The second kappa shape index (κ2) is 7.36. The molecule has 0 spiro atoms. The molecule has 1 aliphatic rings. The summed E-state index contributed by atoms with van der Waals surface area (Å²) in [5.74, 6) is 0.175. The quantitative estimate of drug-likeness (QED) is 0.719. The van der Waals surface area contributed by atoms with E-state index in [1.165, 1.54) is 0 Å². The summed E-state index contributed by atoms with van der Waals surface area (Å²) >= 11 is 1.67. The maximum absolute atomic E-state index is 12.7. The molecule has 0 saturated carbocycles. The molecule has 4 rings (SSSR count). The molecule has 0 aliphatic carbocycles. The van der Waals surface area contributed by atoms with Crippen LogP contribution >= 0.6 is 11.3 Å². The molecule has 27 heavy (non-hydrogen) atoms. The predicted molar refractivity (Wildman–Crippen MR) is 108 cm³/mol. The van der Waals surface area contributed by atoms with Crippen molar-refractivity contribution in [2.45, 2.75) is 45.6 Å². The molecule has 3 heterocycles. The molecule has 0 radical (unpaired) electrons. The number of piperidine rings is 1. The number of thiazole rings is 1. The lowest BCUT2D eigenvalue weighted by Gasteiger charge is -2.23. The SMILES string of the molecule is Cc1c(C(=O)Nc2ccc3nc(C(C)C)sc3c2)nnn1C1CCNCC1. The van der Waals surface area contributed by atoms with E-state index in [2.05, 4.69) is 39.8 Å². The van der Waals surface area contributed by atoms with Gasteiger partial charge in [0.05, 0.1) is 27.0 Å². The number of carbonyl (C=O) groups is 1. The third-order valence-corrected chi connectivity index (χ3v) is 6.27. The van der Waals surface area contributed by atoms with E-state index in [0.717, 1.165) is 52.5 Å². The van der Waals surface area contributed by atoms with Gasteiger partial charge in [-0.3, -0.25) is 4.79 Å². The Hall–Kier alpha value is -2.32. The standard InChI is InChI=1S/C19H24N6OS/c1-11(2)19-22-15-5-4-13(10-16(15)27-19)21-18(26)17-12(3)25(24-23-17)14-6-8-20-9-7-14/h4-5,10-11,14,20H,6-9H2,1-3H3,(H,21,26). The Morgan fingerprint density at radius 1 is 1.33 bits per heavy atom. The third kappa shape index (κ3) is 3.59. The predicted octanol–water partition coefficient (Wildman–Crippen LogP) is 3.50. The van der Waals surface area contributed by atoms with Gasteiger partial charge < -0.3 is 10.6 Å². The number of anilines is 1. The van der Waals surface area contributed by atoms with Gasteiger partial charge in [-0.25, -0.2) is 9.67 Å². The highest BCUT2D eigenvalue weighted by molar-refractivity contribution is 7.18. The topological polar surface area (TPSA) is 84.7 Å². The zero-order valence-electron chi connectivity index (χ0n) is 15.8. The molecule has 2 aromatic heterocycles. The Bertz CT molecular complexity index is 970. The van der Waals surface area contributed by atoms with Crippen molar-refractivity contribution in [2.24, 2.45) is 0 Å². The van der Waals surface area contributed by atoms with Gasteiger partial charge >= 0.3 is 0 Å². The molecule has 1 aromatic carbocycles. The maximum Gasteiger partial charge on any atom is 0.278 e. The number of carbonyl (C=O) groups excluding carboxylic acids is 1. The Morgan fingerprint density at radius 2 is 2.11 bits per heavy atom. The van der Waals surface area contributed by atoms with Gasteiger partial charge in [0.2, 0.25) is 0 Å². The molecule has 1 amide bonds. The molecule has 8 heteroatoms. The smallest absolute Gasteiger partial charge is 0.278 e. The number of nitrogens with zero attached hydrogens (tertiary/aromatic N) is 4. The van der Waals surface area contributed by atoms with E-state index < -0.39 is 0 Å². The molecule has 0 unspecified atom stereocenters. The van der Waals surface area contributed by atoms with Crippen molar-refractivity contribution in [1.82, 2.24) is 25.3 Å². The van der Waals surface area contributed by atoms with Crippen LogP contribution < -0.4 is 10.6 Å². The molecule has 142 valence electrons. The number of benzene rings is 1. The third-order valence-electron chi connectivity index (χ3n) is 4.95. The fourth-order valence-electron chi connectivity index (χ4n) is 3.41. The lowest BCUT2D eigenvalue weighted by molar-refractivity contribution is 0.102. The van der Waals surface area contributed by atoms with Crippen LogP contribution in [0.3, 0.4) is 0 Å². The highest BCUT2D eigenvalue weighted by Crippen LogP contribution is 2.29. The monoisotopic (exact) mass is 384 g/mol. The average molecular weight is 385 g/mol. The summed E-state index contributed by atoms with van der Waals surface area (Å²) < 4.78 is 2.98. The van der Waals surface area contributed by atoms with Gasteiger partial charge in [-0.2, -0.15) is 0 Å². The lowest BCUT2D eigenvalue weighted by atomic mass is 10.1. The van der Waals surface area contributed by atoms with Crippen molar-refractivity contribution < 1.29 is 4.79 Å². The van der Waals surface area contributed by atoms with Crippen LogP contribution in [0.25, 0.3) is 10.2 Å². The van der Waals surface area contributed by atoms with Crippen molar-refractivity contribution in [3.05, 3.63) is 34.6 Å². The van der Waals surface area contributed by atoms with Crippen LogP contribution in [-0.4, -0.2) is 39.0 Å². The zero-order valence-corrected chi connectivity index (χ0v) is 16.6. The van der Waals surface area contributed by atoms with Crippen molar-refractivity contribution in [3.63, 3.8) is 0 Å². The summed E-state index contributed by atoms with van der Waals surface area (Å²) in [4.78, 5) is 17.4. The summed E-state index contributed by atoms with van der Waals surface area (Å²) in [5.41, 5.74) is 2.93. The van der Waals surface area contributed by atoms with Gasteiger partial charge in [-0.05, 0) is 51.1 Å². The van der Waals surface area contributed by atoms with E-state index in [1.54, 1.807) is 11.3 Å². The van der Waals surface area contributed by atoms with E-state index in [0.29, 0.717) is 17.7 Å². The Balaban J connectivity index is 1.53. The minimum absolute atomic E-state index is 0.222. The van der Waals surface area contributed by atoms with Gasteiger partial charge in [0, 0.05) is 11.6 Å². The first kappa shape index (κ1) is 18.1. The fraction of sp³-hybridized carbons (Fsp3) is 0.474. The normalized spacial score (nSPS) is 15.6. The Kier molecular flexibility index (Phi) is 4.92. The van der Waals surface area contributed by atoms with Crippen molar-refractivity contribution >= 4 is 33.1 Å². The van der Waals surface area contributed by atoms with E-state index in [9.17, 15) is 4.79 Å². The Morgan fingerprint density at radius 3 is 2.85 bits per heavy atom. The summed E-state index contributed by atoms with van der Waals surface area (Å²) in [7, 11) is 0. The first-order valence-electron chi connectivity index (χ1n) is 9.37. The first-order valence-corrected chi connectivity index (χ1v) is 10.2. The summed E-state index contributed by atoms with van der Waals surface area (Å²) in [5, 5.41) is 15.8. The molecular weight excluding hydrogens is 360 g/mol. The van der Waals surface area contributed by atoms with E-state index in [-0.39, 0.29) is 5.91 Å².